The molecule has 0 unspecified atom stereocenters. The Kier molecular flexibility index (Phi) is 51.2. The van der Waals surface area contributed by atoms with Crippen molar-refractivity contribution in [2.45, 2.75) is 322 Å². The van der Waals surface area contributed by atoms with Gasteiger partial charge in [-0.1, -0.05) is 264 Å². The van der Waals surface area contributed by atoms with Gasteiger partial charge in [-0.05, 0) is 44.9 Å². The first kappa shape index (κ1) is 61.1. The molecule has 63 heavy (non-hydrogen) atoms. The Hall–Kier alpha value is -1.85. The first-order valence-corrected chi connectivity index (χ1v) is 28.2. The van der Waals surface area contributed by atoms with E-state index in [0.717, 1.165) is 64.2 Å². The summed E-state index contributed by atoms with van der Waals surface area (Å²) in [5.41, 5.74) is 0. The summed E-state index contributed by atoms with van der Waals surface area (Å²) >= 11 is 0. The molecule has 0 saturated heterocycles. The number of hydrogen-bond acceptors (Lipinski definition) is 6. The molecule has 0 heterocycles. The van der Waals surface area contributed by atoms with Gasteiger partial charge < -0.3 is 14.2 Å². The van der Waals surface area contributed by atoms with Crippen molar-refractivity contribution in [2.75, 3.05) is 13.2 Å². The average Bonchev–Trinajstić information content (AvgIpc) is 3.28. The van der Waals surface area contributed by atoms with Crippen LogP contribution in [-0.4, -0.2) is 37.2 Å². The second kappa shape index (κ2) is 52.8. The Morgan fingerprint density at radius 2 is 0.524 bits per heavy atom. The smallest absolute Gasteiger partial charge is 0.306 e. The minimum absolute atomic E-state index is 0.0676. The van der Waals surface area contributed by atoms with Gasteiger partial charge in [0.15, 0.2) is 6.10 Å². The second-order valence-corrected chi connectivity index (χ2v) is 19.2. The van der Waals surface area contributed by atoms with Crippen LogP contribution >= 0.6 is 0 Å². The van der Waals surface area contributed by atoms with E-state index in [1.165, 1.54) is 212 Å². The number of carbonyl (C=O) groups excluding carboxylic acids is 3. The molecule has 0 aromatic rings. The van der Waals surface area contributed by atoms with Gasteiger partial charge in [0.1, 0.15) is 13.2 Å². The van der Waals surface area contributed by atoms with Gasteiger partial charge in [-0.25, -0.2) is 0 Å². The number of rotatable bonds is 52. The van der Waals surface area contributed by atoms with Crippen molar-refractivity contribution in [3.63, 3.8) is 0 Å². The van der Waals surface area contributed by atoms with E-state index in [-0.39, 0.29) is 31.1 Å². The van der Waals surface area contributed by atoms with Crippen molar-refractivity contribution in [3.05, 3.63) is 12.2 Å². The molecule has 0 N–H and O–H groups in total. The molecule has 0 aliphatic rings. The third-order valence-electron chi connectivity index (χ3n) is 12.8. The van der Waals surface area contributed by atoms with E-state index in [4.69, 9.17) is 14.2 Å². The van der Waals surface area contributed by atoms with Gasteiger partial charge in [0.2, 0.25) is 0 Å². The SMILES string of the molecule is CCCCCC/C=C\CCCCCCCC(=O)O[C@@H](COC(=O)CCCCCCCCCCCCCCCCC)COC(=O)CCCCCCCCCCCCCCCCCCC. The van der Waals surface area contributed by atoms with E-state index < -0.39 is 6.10 Å². The minimum Gasteiger partial charge on any atom is -0.462 e. The van der Waals surface area contributed by atoms with Crippen LogP contribution in [0.25, 0.3) is 0 Å². The van der Waals surface area contributed by atoms with Crippen molar-refractivity contribution >= 4 is 17.9 Å². The van der Waals surface area contributed by atoms with Gasteiger partial charge in [-0.15, -0.1) is 0 Å². The highest BCUT2D eigenvalue weighted by Crippen LogP contribution is 2.17. The lowest BCUT2D eigenvalue weighted by Gasteiger charge is -2.18. The van der Waals surface area contributed by atoms with Crippen molar-refractivity contribution in [3.8, 4) is 0 Å². The largest absolute Gasteiger partial charge is 0.462 e. The summed E-state index contributed by atoms with van der Waals surface area (Å²) in [6.45, 7) is 6.67. The lowest BCUT2D eigenvalue weighted by molar-refractivity contribution is -0.167. The summed E-state index contributed by atoms with van der Waals surface area (Å²) in [4.78, 5) is 38.1. The molecule has 0 aromatic carbocycles. The molecule has 6 nitrogen and oxygen atoms in total. The van der Waals surface area contributed by atoms with Crippen molar-refractivity contribution in [2.24, 2.45) is 0 Å². The van der Waals surface area contributed by atoms with Gasteiger partial charge in [-0.2, -0.15) is 0 Å². The summed E-state index contributed by atoms with van der Waals surface area (Å²) in [5, 5.41) is 0. The minimum atomic E-state index is -0.768. The molecule has 6 heteroatoms. The fourth-order valence-electron chi connectivity index (χ4n) is 8.50. The number of hydrogen-bond donors (Lipinski definition) is 0. The van der Waals surface area contributed by atoms with Gasteiger partial charge in [0.25, 0.3) is 0 Å². The van der Waals surface area contributed by atoms with Gasteiger partial charge in [-0.3, -0.25) is 14.4 Å². The topological polar surface area (TPSA) is 78.9 Å². The molecule has 372 valence electrons. The Morgan fingerprint density at radius 1 is 0.302 bits per heavy atom. The predicted octanol–water partition coefficient (Wildman–Crippen LogP) is 18.5. The monoisotopic (exact) mass is 889 g/mol. The highest BCUT2D eigenvalue weighted by Gasteiger charge is 2.19. The van der Waals surface area contributed by atoms with Crippen LogP contribution in [0.5, 0.6) is 0 Å². The van der Waals surface area contributed by atoms with E-state index in [2.05, 4.69) is 32.9 Å². The fourth-order valence-corrected chi connectivity index (χ4v) is 8.50. The van der Waals surface area contributed by atoms with Crippen LogP contribution in [0.15, 0.2) is 12.2 Å². The predicted molar refractivity (Wildman–Crippen MR) is 270 cm³/mol. The zero-order valence-electron chi connectivity index (χ0n) is 42.6. The molecule has 0 saturated carbocycles. The highest BCUT2D eigenvalue weighted by atomic mass is 16.6. The van der Waals surface area contributed by atoms with Crippen LogP contribution in [-0.2, 0) is 28.6 Å². The van der Waals surface area contributed by atoms with Gasteiger partial charge >= 0.3 is 17.9 Å². The van der Waals surface area contributed by atoms with Crippen LogP contribution in [0.2, 0.25) is 0 Å². The maximum atomic E-state index is 12.8. The van der Waals surface area contributed by atoms with Crippen LogP contribution in [0.3, 0.4) is 0 Å². The highest BCUT2D eigenvalue weighted by molar-refractivity contribution is 5.71. The van der Waals surface area contributed by atoms with Crippen LogP contribution in [0, 0.1) is 0 Å². The number of allylic oxidation sites excluding steroid dienone is 2. The molecule has 0 aromatic heterocycles. The quantitative estimate of drug-likeness (QED) is 0.0262. The molecular formula is C57H108O6. The zero-order valence-corrected chi connectivity index (χ0v) is 42.6. The molecule has 0 amide bonds. The molecule has 0 fully saturated rings. The number of carbonyl (C=O) groups is 3. The van der Waals surface area contributed by atoms with Crippen LogP contribution in [0.4, 0.5) is 0 Å². The van der Waals surface area contributed by atoms with Crippen LogP contribution < -0.4 is 0 Å². The summed E-state index contributed by atoms with van der Waals surface area (Å²) in [5.74, 6) is -0.854. The third-order valence-corrected chi connectivity index (χ3v) is 12.8. The van der Waals surface area contributed by atoms with E-state index in [1.807, 2.05) is 0 Å². The first-order chi connectivity index (χ1) is 31.0. The lowest BCUT2D eigenvalue weighted by atomic mass is 10.0. The zero-order chi connectivity index (χ0) is 45.8. The molecule has 0 rings (SSSR count). The molecule has 0 radical (unpaired) electrons. The molecule has 0 bridgehead atoms. The summed E-state index contributed by atoms with van der Waals surface area (Å²) in [6.07, 6.45) is 59.1. The molecule has 0 aliphatic carbocycles. The van der Waals surface area contributed by atoms with Crippen molar-refractivity contribution < 1.29 is 28.6 Å². The second-order valence-electron chi connectivity index (χ2n) is 19.2. The first-order valence-electron chi connectivity index (χ1n) is 28.2. The number of ether oxygens (including phenoxy) is 3. The maximum absolute atomic E-state index is 12.8. The lowest BCUT2D eigenvalue weighted by Crippen LogP contribution is -2.30. The average molecular weight is 889 g/mol. The molecule has 1 atom stereocenters. The molecular weight excluding hydrogens is 781 g/mol. The number of unbranched alkanes of at least 4 members (excludes halogenated alkanes) is 39. The fraction of sp³-hybridized carbons (Fsp3) is 0.912. The Balaban J connectivity index is 4.30. The van der Waals surface area contributed by atoms with E-state index in [0.29, 0.717) is 19.3 Å². The normalized spacial score (nSPS) is 12.0. The Morgan fingerprint density at radius 3 is 0.810 bits per heavy atom. The van der Waals surface area contributed by atoms with Crippen LogP contribution in [0.1, 0.15) is 316 Å². The summed E-state index contributed by atoms with van der Waals surface area (Å²) < 4.78 is 16.9. The maximum Gasteiger partial charge on any atom is 0.306 e. The Bertz CT molecular complexity index is 978. The van der Waals surface area contributed by atoms with Gasteiger partial charge in [0.05, 0.1) is 0 Å². The van der Waals surface area contributed by atoms with Crippen molar-refractivity contribution in [1.82, 2.24) is 0 Å². The van der Waals surface area contributed by atoms with E-state index in [9.17, 15) is 14.4 Å². The molecule has 0 spiro atoms. The van der Waals surface area contributed by atoms with Crippen molar-refractivity contribution in [1.29, 1.82) is 0 Å². The molecule has 0 aliphatic heterocycles. The Labute approximate surface area is 392 Å². The van der Waals surface area contributed by atoms with E-state index >= 15 is 0 Å². The standard InChI is InChI=1S/C57H108O6/c1-4-7-10-13-16-19-22-25-27-28-30-33-35-38-41-44-47-50-56(59)62-53-54(63-57(60)51-48-45-42-39-36-31-24-21-18-15-12-9-6-3)52-61-55(58)49-46-43-40-37-34-32-29-26-23-20-17-14-11-8-5-2/h21,24,54H,4-20,22-23,25-53H2,1-3H3/b24-21-/t54-/m0/s1. The number of esters is 3. The third kappa shape index (κ3) is 51.0. The van der Waals surface area contributed by atoms with Gasteiger partial charge in [0, 0.05) is 19.3 Å². The van der Waals surface area contributed by atoms with E-state index in [1.54, 1.807) is 0 Å². The summed E-state index contributed by atoms with van der Waals surface area (Å²) in [7, 11) is 0. The summed E-state index contributed by atoms with van der Waals surface area (Å²) in [6, 6.07) is 0.